The number of hydrogen-bond acceptors (Lipinski definition) is 1. The molecule has 1 rings (SSSR count). The number of rotatable bonds is 3. The van der Waals surface area contributed by atoms with Gasteiger partial charge in [-0.3, -0.25) is 0 Å². The topological polar surface area (TPSA) is 49.3 Å². The number of carbonyl (C=O) groups is 1. The Morgan fingerprint density at radius 3 is 2.71 bits per heavy atom. The van der Waals surface area contributed by atoms with Gasteiger partial charge in [0.25, 0.3) is 0 Å². The molecule has 2 N–H and O–H groups in total. The summed E-state index contributed by atoms with van der Waals surface area (Å²) in [4.78, 5) is 10.3. The molecule has 1 aromatic rings. The van der Waals surface area contributed by atoms with Gasteiger partial charge in [0, 0.05) is 6.54 Å². The standard InChI is InChI=1S/C11H13NO2/c1-8(2)10-6-4-3-5-9(10)7-12-11(13)14/h3-6,12H,1,7H2,2H3,(H,13,14). The Morgan fingerprint density at radius 2 is 2.14 bits per heavy atom. The molecule has 0 fully saturated rings. The third kappa shape index (κ3) is 2.62. The van der Waals surface area contributed by atoms with Crippen molar-refractivity contribution < 1.29 is 9.90 Å². The molecule has 0 spiro atoms. The summed E-state index contributed by atoms with van der Waals surface area (Å²) in [6, 6.07) is 7.61. The molecule has 0 heterocycles. The lowest BCUT2D eigenvalue weighted by Gasteiger charge is -2.08. The van der Waals surface area contributed by atoms with E-state index in [0.717, 1.165) is 16.7 Å². The Bertz CT molecular complexity index is 358. The number of amides is 1. The lowest BCUT2D eigenvalue weighted by Crippen LogP contribution is -2.20. The highest BCUT2D eigenvalue weighted by atomic mass is 16.4. The fourth-order valence-corrected chi connectivity index (χ4v) is 1.26. The minimum atomic E-state index is -1.01. The number of benzene rings is 1. The van der Waals surface area contributed by atoms with Crippen molar-refractivity contribution in [3.8, 4) is 0 Å². The maximum Gasteiger partial charge on any atom is 0.404 e. The molecule has 3 nitrogen and oxygen atoms in total. The first-order valence-corrected chi connectivity index (χ1v) is 4.32. The maximum atomic E-state index is 10.3. The number of carboxylic acid groups (broad SMARTS) is 1. The summed E-state index contributed by atoms with van der Waals surface area (Å²) in [5, 5.41) is 10.8. The van der Waals surface area contributed by atoms with Gasteiger partial charge in [-0.05, 0) is 18.1 Å². The molecular weight excluding hydrogens is 178 g/mol. The third-order valence-electron chi connectivity index (χ3n) is 1.91. The Morgan fingerprint density at radius 1 is 1.50 bits per heavy atom. The van der Waals surface area contributed by atoms with Gasteiger partial charge >= 0.3 is 6.09 Å². The summed E-state index contributed by atoms with van der Waals surface area (Å²) >= 11 is 0. The molecule has 3 heteroatoms. The SMILES string of the molecule is C=C(C)c1ccccc1CNC(=O)O. The highest BCUT2D eigenvalue weighted by Gasteiger charge is 2.02. The van der Waals surface area contributed by atoms with Crippen molar-refractivity contribution in [3.05, 3.63) is 42.0 Å². The Kier molecular flexibility index (Phi) is 3.29. The van der Waals surface area contributed by atoms with Crippen LogP contribution in [0, 0.1) is 0 Å². The highest BCUT2D eigenvalue weighted by molar-refractivity contribution is 5.67. The van der Waals surface area contributed by atoms with Gasteiger partial charge in [-0.1, -0.05) is 36.4 Å². The molecule has 14 heavy (non-hydrogen) atoms. The number of hydrogen-bond donors (Lipinski definition) is 2. The van der Waals surface area contributed by atoms with Crippen LogP contribution in [0.25, 0.3) is 5.57 Å². The second kappa shape index (κ2) is 4.46. The average molecular weight is 191 g/mol. The van der Waals surface area contributed by atoms with Crippen LogP contribution in [0.4, 0.5) is 4.79 Å². The van der Waals surface area contributed by atoms with Crippen LogP contribution in [0.1, 0.15) is 18.1 Å². The van der Waals surface area contributed by atoms with Gasteiger partial charge in [0.2, 0.25) is 0 Å². The minimum absolute atomic E-state index is 0.318. The van der Waals surface area contributed by atoms with Crippen molar-refractivity contribution in [3.63, 3.8) is 0 Å². The first-order valence-electron chi connectivity index (χ1n) is 4.32. The molecule has 0 atom stereocenters. The maximum absolute atomic E-state index is 10.3. The second-order valence-electron chi connectivity index (χ2n) is 3.10. The summed E-state index contributed by atoms with van der Waals surface area (Å²) in [6.45, 7) is 6.06. The highest BCUT2D eigenvalue weighted by Crippen LogP contribution is 2.16. The van der Waals surface area contributed by atoms with E-state index in [1.54, 1.807) is 0 Å². The first kappa shape index (κ1) is 10.3. The normalized spacial score (nSPS) is 9.50. The van der Waals surface area contributed by atoms with Crippen LogP contribution in [-0.4, -0.2) is 11.2 Å². The first-order chi connectivity index (χ1) is 6.61. The quantitative estimate of drug-likeness (QED) is 0.771. The van der Waals surface area contributed by atoms with Gasteiger partial charge in [-0.15, -0.1) is 0 Å². The molecule has 0 aromatic heterocycles. The molecular formula is C11H13NO2. The zero-order valence-electron chi connectivity index (χ0n) is 8.08. The predicted octanol–water partition coefficient (Wildman–Crippen LogP) is 2.49. The molecule has 0 unspecified atom stereocenters. The molecule has 0 saturated carbocycles. The number of allylic oxidation sites excluding steroid dienone is 1. The van der Waals surface area contributed by atoms with Crippen molar-refractivity contribution in [2.75, 3.05) is 0 Å². The Balaban J connectivity index is 2.84. The molecule has 1 amide bonds. The van der Waals surface area contributed by atoms with Crippen molar-refractivity contribution in [1.82, 2.24) is 5.32 Å². The predicted molar refractivity (Wildman–Crippen MR) is 56.0 cm³/mol. The zero-order valence-corrected chi connectivity index (χ0v) is 8.08. The number of nitrogens with one attached hydrogen (secondary N) is 1. The summed E-state index contributed by atoms with van der Waals surface area (Å²) in [7, 11) is 0. The van der Waals surface area contributed by atoms with Gasteiger partial charge < -0.3 is 10.4 Å². The average Bonchev–Trinajstić information content (AvgIpc) is 2.15. The van der Waals surface area contributed by atoms with Gasteiger partial charge in [0.15, 0.2) is 0 Å². The fraction of sp³-hybridized carbons (Fsp3) is 0.182. The van der Waals surface area contributed by atoms with E-state index in [1.165, 1.54) is 0 Å². The van der Waals surface area contributed by atoms with E-state index in [-0.39, 0.29) is 0 Å². The molecule has 0 bridgehead atoms. The van der Waals surface area contributed by atoms with E-state index in [1.807, 2.05) is 31.2 Å². The minimum Gasteiger partial charge on any atom is -0.465 e. The summed E-state index contributed by atoms with van der Waals surface area (Å²) in [5.74, 6) is 0. The van der Waals surface area contributed by atoms with E-state index in [9.17, 15) is 4.79 Å². The summed E-state index contributed by atoms with van der Waals surface area (Å²) < 4.78 is 0. The molecule has 1 aromatic carbocycles. The van der Waals surface area contributed by atoms with Crippen LogP contribution in [0.15, 0.2) is 30.8 Å². The van der Waals surface area contributed by atoms with Crippen LogP contribution < -0.4 is 5.32 Å². The molecule has 0 radical (unpaired) electrons. The van der Waals surface area contributed by atoms with Crippen LogP contribution in [0.2, 0.25) is 0 Å². The van der Waals surface area contributed by atoms with Gasteiger partial charge in [0.05, 0.1) is 0 Å². The summed E-state index contributed by atoms with van der Waals surface area (Å²) in [5.41, 5.74) is 2.89. The van der Waals surface area contributed by atoms with E-state index in [0.29, 0.717) is 6.54 Å². The van der Waals surface area contributed by atoms with Crippen LogP contribution >= 0.6 is 0 Å². The summed E-state index contributed by atoms with van der Waals surface area (Å²) in [6.07, 6.45) is -1.01. The van der Waals surface area contributed by atoms with E-state index < -0.39 is 6.09 Å². The van der Waals surface area contributed by atoms with Crippen molar-refractivity contribution in [2.24, 2.45) is 0 Å². The third-order valence-corrected chi connectivity index (χ3v) is 1.91. The van der Waals surface area contributed by atoms with Crippen molar-refractivity contribution in [2.45, 2.75) is 13.5 Å². The van der Waals surface area contributed by atoms with E-state index >= 15 is 0 Å². The van der Waals surface area contributed by atoms with Crippen molar-refractivity contribution >= 4 is 11.7 Å². The molecule has 0 aliphatic rings. The van der Waals surface area contributed by atoms with Gasteiger partial charge in [0.1, 0.15) is 0 Å². The van der Waals surface area contributed by atoms with Crippen LogP contribution in [-0.2, 0) is 6.54 Å². The van der Waals surface area contributed by atoms with Crippen molar-refractivity contribution in [1.29, 1.82) is 0 Å². The largest absolute Gasteiger partial charge is 0.465 e. The lowest BCUT2D eigenvalue weighted by atomic mass is 10.0. The molecule has 0 saturated heterocycles. The smallest absolute Gasteiger partial charge is 0.404 e. The monoisotopic (exact) mass is 191 g/mol. The lowest BCUT2D eigenvalue weighted by molar-refractivity contribution is 0.194. The van der Waals surface area contributed by atoms with Crippen LogP contribution in [0.3, 0.4) is 0 Å². The van der Waals surface area contributed by atoms with Gasteiger partial charge in [-0.25, -0.2) is 4.79 Å². The molecule has 0 aliphatic heterocycles. The van der Waals surface area contributed by atoms with Gasteiger partial charge in [-0.2, -0.15) is 0 Å². The van der Waals surface area contributed by atoms with Crippen LogP contribution in [0.5, 0.6) is 0 Å². The second-order valence-corrected chi connectivity index (χ2v) is 3.10. The zero-order chi connectivity index (χ0) is 10.6. The van der Waals surface area contributed by atoms with E-state index in [4.69, 9.17) is 5.11 Å². The molecule has 0 aliphatic carbocycles. The molecule has 74 valence electrons. The Hall–Kier alpha value is -1.77. The Labute approximate surface area is 83.1 Å². The van der Waals surface area contributed by atoms with E-state index in [2.05, 4.69) is 11.9 Å². The fourth-order valence-electron chi connectivity index (χ4n) is 1.26.